The summed E-state index contributed by atoms with van der Waals surface area (Å²) in [7, 11) is 0. The van der Waals surface area contributed by atoms with Gasteiger partial charge in [-0.1, -0.05) is 32.9 Å². The fraction of sp³-hybridized carbons (Fsp3) is 0.600. The fourth-order valence-corrected chi connectivity index (χ4v) is 4.12. The van der Waals surface area contributed by atoms with E-state index in [2.05, 4.69) is 41.4 Å². The molecule has 1 aliphatic heterocycles. The molecule has 1 fully saturated rings. The summed E-state index contributed by atoms with van der Waals surface area (Å²) < 4.78 is 0. The Balaban J connectivity index is 1.69. The Morgan fingerprint density at radius 2 is 1.94 bits per heavy atom. The van der Waals surface area contributed by atoms with E-state index < -0.39 is 12.1 Å². The van der Waals surface area contributed by atoms with Crippen LogP contribution in [0.2, 0.25) is 0 Å². The van der Waals surface area contributed by atoms with Gasteiger partial charge in [-0.3, -0.25) is 14.4 Å². The monoisotopic (exact) mass is 455 g/mol. The van der Waals surface area contributed by atoms with Crippen LogP contribution in [0.15, 0.2) is 24.3 Å². The number of carbonyl (C=O) groups excluding carboxylic acids is 3. The summed E-state index contributed by atoms with van der Waals surface area (Å²) in [6, 6.07) is 6.48. The molecular formula is C25H37N5O3. The molecule has 8 nitrogen and oxygen atoms in total. The summed E-state index contributed by atoms with van der Waals surface area (Å²) in [4.78, 5) is 48.3. The highest BCUT2D eigenvalue weighted by atomic mass is 16.2. The van der Waals surface area contributed by atoms with E-state index in [4.69, 9.17) is 0 Å². The molecule has 2 unspecified atom stereocenters. The normalized spacial score (nSPS) is 18.2. The van der Waals surface area contributed by atoms with E-state index in [1.54, 1.807) is 0 Å². The van der Waals surface area contributed by atoms with Crippen LogP contribution in [0.5, 0.6) is 0 Å². The zero-order valence-electron chi connectivity index (χ0n) is 20.4. The standard InChI is InChI=1S/C25H37N5O3/c1-16-9-8-14-30(16)22(32)15-20(27-21(31)12-13-25(3,4)5)24(33)26-17(2)23-28-18-10-6-7-11-19(18)29-23/h6-7,10-11,16-17,20H,8-9,12-15H2,1-5H3,(H,26,33)(H,27,31)(H,28,29)/t16?,17-,20?/m0/s1. The van der Waals surface area contributed by atoms with Gasteiger partial charge in [-0.2, -0.15) is 0 Å². The molecular weight excluding hydrogens is 418 g/mol. The van der Waals surface area contributed by atoms with Crippen molar-refractivity contribution in [3.05, 3.63) is 30.1 Å². The number of rotatable bonds is 8. The van der Waals surface area contributed by atoms with Crippen LogP contribution in [0, 0.1) is 5.41 Å². The molecule has 8 heteroatoms. The molecule has 3 atom stereocenters. The minimum absolute atomic E-state index is 0.00566. The highest BCUT2D eigenvalue weighted by Gasteiger charge is 2.31. The number of hydrogen-bond donors (Lipinski definition) is 3. The van der Waals surface area contributed by atoms with Gasteiger partial charge in [-0.05, 0) is 50.7 Å². The number of nitrogens with one attached hydrogen (secondary N) is 3. The number of benzene rings is 1. The number of para-hydroxylation sites is 2. The van der Waals surface area contributed by atoms with Gasteiger partial charge in [0.15, 0.2) is 0 Å². The molecule has 2 heterocycles. The largest absolute Gasteiger partial charge is 0.345 e. The lowest BCUT2D eigenvalue weighted by Gasteiger charge is -2.26. The Bertz CT molecular complexity index is 960. The van der Waals surface area contributed by atoms with Crippen LogP contribution in [-0.4, -0.2) is 51.2 Å². The Hall–Kier alpha value is -2.90. The lowest BCUT2D eigenvalue weighted by molar-refractivity contribution is -0.137. The van der Waals surface area contributed by atoms with Gasteiger partial charge in [0.2, 0.25) is 17.7 Å². The number of nitrogens with zero attached hydrogens (tertiary/aromatic N) is 2. The van der Waals surface area contributed by atoms with Crippen molar-refractivity contribution in [2.75, 3.05) is 6.54 Å². The van der Waals surface area contributed by atoms with Crippen LogP contribution in [0.25, 0.3) is 11.0 Å². The summed E-state index contributed by atoms with van der Waals surface area (Å²) in [5.41, 5.74) is 1.71. The van der Waals surface area contributed by atoms with Crippen LogP contribution in [0.3, 0.4) is 0 Å². The quantitative estimate of drug-likeness (QED) is 0.567. The molecule has 0 spiro atoms. The van der Waals surface area contributed by atoms with Crippen LogP contribution in [0.1, 0.15) is 78.6 Å². The molecule has 3 amide bonds. The molecule has 180 valence electrons. The lowest BCUT2D eigenvalue weighted by Crippen LogP contribution is -2.50. The van der Waals surface area contributed by atoms with Crippen molar-refractivity contribution in [2.24, 2.45) is 5.41 Å². The first kappa shape index (κ1) is 24.7. The van der Waals surface area contributed by atoms with Crippen LogP contribution in [-0.2, 0) is 14.4 Å². The zero-order chi connectivity index (χ0) is 24.2. The average molecular weight is 456 g/mol. The second-order valence-electron chi connectivity index (χ2n) is 10.3. The van der Waals surface area contributed by atoms with E-state index in [0.29, 0.717) is 25.2 Å². The van der Waals surface area contributed by atoms with Crippen molar-refractivity contribution in [1.82, 2.24) is 25.5 Å². The third-order valence-corrected chi connectivity index (χ3v) is 6.18. The third-order valence-electron chi connectivity index (χ3n) is 6.18. The summed E-state index contributed by atoms with van der Waals surface area (Å²) >= 11 is 0. The Labute approximate surface area is 195 Å². The highest BCUT2D eigenvalue weighted by molar-refractivity contribution is 5.92. The topological polar surface area (TPSA) is 107 Å². The van der Waals surface area contributed by atoms with Crippen molar-refractivity contribution in [3.8, 4) is 0 Å². The van der Waals surface area contributed by atoms with Crippen molar-refractivity contribution < 1.29 is 14.4 Å². The molecule has 1 aromatic heterocycles. The van der Waals surface area contributed by atoms with Gasteiger partial charge in [0, 0.05) is 19.0 Å². The molecule has 0 radical (unpaired) electrons. The fourth-order valence-electron chi connectivity index (χ4n) is 4.12. The number of amides is 3. The maximum atomic E-state index is 13.2. The van der Waals surface area contributed by atoms with E-state index in [-0.39, 0.29) is 35.6 Å². The van der Waals surface area contributed by atoms with Crippen molar-refractivity contribution in [2.45, 2.75) is 84.8 Å². The van der Waals surface area contributed by atoms with E-state index in [1.807, 2.05) is 43.0 Å². The number of carbonyl (C=O) groups is 3. The van der Waals surface area contributed by atoms with Gasteiger partial charge >= 0.3 is 0 Å². The number of imidazole rings is 1. The summed E-state index contributed by atoms with van der Waals surface area (Å²) in [5, 5.41) is 5.74. The number of fused-ring (bicyclic) bond motifs is 1. The second kappa shape index (κ2) is 10.4. The SMILES string of the molecule is CC1CCCN1C(=O)CC(NC(=O)CCC(C)(C)C)C(=O)N[C@@H](C)c1nc2ccccc2[nH]1. The number of aromatic nitrogens is 2. The molecule has 0 aliphatic carbocycles. The smallest absolute Gasteiger partial charge is 0.243 e. The molecule has 3 N–H and O–H groups in total. The molecule has 0 saturated carbocycles. The molecule has 1 aromatic carbocycles. The average Bonchev–Trinajstić information content (AvgIpc) is 3.37. The van der Waals surface area contributed by atoms with Gasteiger partial charge < -0.3 is 20.5 Å². The van der Waals surface area contributed by atoms with E-state index in [1.165, 1.54) is 0 Å². The van der Waals surface area contributed by atoms with E-state index in [9.17, 15) is 14.4 Å². The number of hydrogen-bond acceptors (Lipinski definition) is 4. The zero-order valence-corrected chi connectivity index (χ0v) is 20.4. The van der Waals surface area contributed by atoms with Crippen LogP contribution in [0.4, 0.5) is 0 Å². The highest BCUT2D eigenvalue weighted by Crippen LogP contribution is 2.21. The predicted octanol–water partition coefficient (Wildman–Crippen LogP) is 3.45. The molecule has 33 heavy (non-hydrogen) atoms. The maximum absolute atomic E-state index is 13.2. The second-order valence-corrected chi connectivity index (χ2v) is 10.3. The molecule has 1 saturated heterocycles. The first-order valence-corrected chi connectivity index (χ1v) is 11.9. The minimum atomic E-state index is -0.926. The Kier molecular flexibility index (Phi) is 7.76. The third kappa shape index (κ3) is 6.79. The minimum Gasteiger partial charge on any atom is -0.345 e. The maximum Gasteiger partial charge on any atom is 0.243 e. The van der Waals surface area contributed by atoms with E-state index >= 15 is 0 Å². The Morgan fingerprint density at radius 3 is 2.58 bits per heavy atom. The van der Waals surface area contributed by atoms with Gasteiger partial charge in [0.25, 0.3) is 0 Å². The first-order chi connectivity index (χ1) is 15.5. The molecule has 3 rings (SSSR count). The van der Waals surface area contributed by atoms with Gasteiger partial charge in [-0.15, -0.1) is 0 Å². The Morgan fingerprint density at radius 1 is 1.21 bits per heavy atom. The van der Waals surface area contributed by atoms with Crippen LogP contribution >= 0.6 is 0 Å². The van der Waals surface area contributed by atoms with Crippen LogP contribution < -0.4 is 10.6 Å². The van der Waals surface area contributed by atoms with Crippen molar-refractivity contribution in [3.63, 3.8) is 0 Å². The number of likely N-dealkylation sites (tertiary alicyclic amines) is 1. The van der Waals surface area contributed by atoms with Crippen molar-refractivity contribution >= 4 is 28.8 Å². The van der Waals surface area contributed by atoms with Gasteiger partial charge in [0.05, 0.1) is 23.5 Å². The number of H-pyrrole nitrogens is 1. The summed E-state index contributed by atoms with van der Waals surface area (Å²) in [6.45, 7) is 10.7. The molecule has 1 aliphatic rings. The lowest BCUT2D eigenvalue weighted by atomic mass is 9.90. The molecule has 0 bridgehead atoms. The molecule has 2 aromatic rings. The number of aromatic amines is 1. The van der Waals surface area contributed by atoms with Gasteiger partial charge in [0.1, 0.15) is 11.9 Å². The summed E-state index contributed by atoms with van der Waals surface area (Å²) in [5.74, 6) is -0.0782. The van der Waals surface area contributed by atoms with E-state index in [0.717, 1.165) is 23.9 Å². The van der Waals surface area contributed by atoms with Crippen molar-refractivity contribution in [1.29, 1.82) is 0 Å². The summed E-state index contributed by atoms with van der Waals surface area (Å²) in [6.07, 6.45) is 2.87. The predicted molar refractivity (Wildman–Crippen MR) is 128 cm³/mol. The van der Waals surface area contributed by atoms with Gasteiger partial charge in [-0.25, -0.2) is 4.98 Å². The first-order valence-electron chi connectivity index (χ1n) is 11.9.